The second-order valence-electron chi connectivity index (χ2n) is 12.1. The molecule has 3 aromatic rings. The van der Waals surface area contributed by atoms with Crippen LogP contribution in [0.3, 0.4) is 0 Å². The molecule has 204 valence electrons. The van der Waals surface area contributed by atoms with Gasteiger partial charge in [-0.25, -0.2) is 4.79 Å². The highest BCUT2D eigenvalue weighted by molar-refractivity contribution is 5.91. The lowest BCUT2D eigenvalue weighted by Crippen LogP contribution is -2.48. The number of carbonyl (C=O) groups is 2. The quantitative estimate of drug-likeness (QED) is 0.216. The third-order valence-electron chi connectivity index (χ3n) is 9.35. The second-order valence-corrected chi connectivity index (χ2v) is 12.1. The van der Waals surface area contributed by atoms with E-state index >= 15 is 0 Å². The molecule has 1 N–H and O–H groups in total. The average Bonchev–Trinajstić information content (AvgIpc) is 2.91. The number of carboxylic acid groups (broad SMARTS) is 1. The zero-order chi connectivity index (χ0) is 27.0. The highest BCUT2D eigenvalue weighted by Gasteiger charge is 2.52. The molecule has 0 atom stereocenters. The normalized spacial score (nSPS) is 25.1. The van der Waals surface area contributed by atoms with E-state index in [0.717, 1.165) is 52.9 Å². The summed E-state index contributed by atoms with van der Waals surface area (Å²) in [4.78, 5) is 23.0. The predicted molar refractivity (Wildman–Crippen MR) is 152 cm³/mol. The molecule has 4 aliphatic carbocycles. The zero-order valence-corrected chi connectivity index (χ0v) is 22.8. The number of unbranched alkanes of at least 4 members (excludes halogenated alkanes) is 1. The van der Waals surface area contributed by atoms with Crippen molar-refractivity contribution in [3.05, 3.63) is 65.7 Å². The van der Waals surface area contributed by atoms with Gasteiger partial charge in [0.1, 0.15) is 5.75 Å². The van der Waals surface area contributed by atoms with Crippen LogP contribution in [0.15, 0.2) is 54.6 Å². The summed E-state index contributed by atoms with van der Waals surface area (Å²) in [5.74, 6) is 2.48. The Morgan fingerprint density at radius 1 is 0.846 bits per heavy atom. The Morgan fingerprint density at radius 3 is 2.15 bits per heavy atom. The minimum atomic E-state index is -0.909. The van der Waals surface area contributed by atoms with Gasteiger partial charge in [-0.2, -0.15) is 0 Å². The summed E-state index contributed by atoms with van der Waals surface area (Å²) >= 11 is 0. The van der Waals surface area contributed by atoms with Gasteiger partial charge < -0.3 is 14.6 Å². The maximum Gasteiger partial charge on any atom is 0.335 e. The van der Waals surface area contributed by atoms with E-state index in [-0.39, 0.29) is 11.4 Å². The molecule has 5 heteroatoms. The topological polar surface area (TPSA) is 72.8 Å². The number of rotatable bonds is 10. The van der Waals surface area contributed by atoms with Crippen LogP contribution in [0.4, 0.5) is 0 Å². The van der Waals surface area contributed by atoms with E-state index in [2.05, 4.69) is 30.3 Å². The molecule has 0 amide bonds. The summed E-state index contributed by atoms with van der Waals surface area (Å²) in [6.07, 6.45) is 10.0. The second kappa shape index (κ2) is 10.7. The SMILES string of the molecule is CCOC(=O)CCCCOc1cc2ccc(-c3ccc(C(=O)O)cc3)cc2cc1C12CC3CC(CC(C3)C1)C2. The summed E-state index contributed by atoms with van der Waals surface area (Å²) in [5, 5.41) is 11.6. The molecule has 7 rings (SSSR count). The molecule has 39 heavy (non-hydrogen) atoms. The first-order valence-electron chi connectivity index (χ1n) is 14.6. The summed E-state index contributed by atoms with van der Waals surface area (Å²) < 4.78 is 11.6. The van der Waals surface area contributed by atoms with Crippen LogP contribution in [0.25, 0.3) is 21.9 Å². The Kier molecular flexibility index (Phi) is 7.09. The van der Waals surface area contributed by atoms with Gasteiger partial charge in [0.2, 0.25) is 0 Å². The molecule has 3 aromatic carbocycles. The maximum atomic E-state index is 11.7. The largest absolute Gasteiger partial charge is 0.493 e. The van der Waals surface area contributed by atoms with Crippen LogP contribution >= 0.6 is 0 Å². The maximum absolute atomic E-state index is 11.7. The monoisotopic (exact) mass is 526 g/mol. The van der Waals surface area contributed by atoms with Crippen LogP contribution < -0.4 is 4.74 Å². The fourth-order valence-electron chi connectivity index (χ4n) is 8.02. The summed E-state index contributed by atoms with van der Waals surface area (Å²) in [5.41, 5.74) is 3.97. The lowest BCUT2D eigenvalue weighted by molar-refractivity contribution is -0.143. The number of carbonyl (C=O) groups excluding carboxylic acids is 1. The zero-order valence-electron chi connectivity index (χ0n) is 22.8. The van der Waals surface area contributed by atoms with Crippen molar-refractivity contribution in [1.29, 1.82) is 0 Å². The first kappa shape index (κ1) is 25.9. The number of hydrogen-bond acceptors (Lipinski definition) is 4. The molecule has 0 aliphatic heterocycles. The Labute approximate surface area is 230 Å². The van der Waals surface area contributed by atoms with Crippen LogP contribution in [-0.2, 0) is 14.9 Å². The molecule has 0 saturated heterocycles. The highest BCUT2D eigenvalue weighted by Crippen LogP contribution is 2.62. The minimum absolute atomic E-state index is 0.133. The molecule has 5 nitrogen and oxygen atoms in total. The van der Waals surface area contributed by atoms with Crippen molar-refractivity contribution in [3.63, 3.8) is 0 Å². The number of ether oxygens (including phenoxy) is 2. The van der Waals surface area contributed by atoms with E-state index in [1.165, 1.54) is 49.5 Å². The van der Waals surface area contributed by atoms with Gasteiger partial charge in [-0.15, -0.1) is 0 Å². The Morgan fingerprint density at radius 2 is 1.51 bits per heavy atom. The number of fused-ring (bicyclic) bond motifs is 1. The molecule has 4 aliphatic rings. The van der Waals surface area contributed by atoms with Gasteiger partial charge >= 0.3 is 11.9 Å². The van der Waals surface area contributed by atoms with Crippen molar-refractivity contribution in [2.45, 2.75) is 70.1 Å². The lowest BCUT2D eigenvalue weighted by Gasteiger charge is -2.57. The molecule has 4 bridgehead atoms. The van der Waals surface area contributed by atoms with Gasteiger partial charge in [0.25, 0.3) is 0 Å². The number of benzene rings is 3. The van der Waals surface area contributed by atoms with Crippen molar-refractivity contribution < 1.29 is 24.2 Å². The van der Waals surface area contributed by atoms with Crippen LogP contribution in [0.2, 0.25) is 0 Å². The minimum Gasteiger partial charge on any atom is -0.493 e. The predicted octanol–water partition coefficient (Wildman–Crippen LogP) is 7.79. The fourth-order valence-corrected chi connectivity index (χ4v) is 8.02. The van der Waals surface area contributed by atoms with Crippen LogP contribution in [-0.4, -0.2) is 30.3 Å². The number of carboxylic acids is 1. The van der Waals surface area contributed by atoms with Crippen LogP contribution in [0.1, 0.15) is 80.6 Å². The Hall–Kier alpha value is -3.34. The molecule has 4 saturated carbocycles. The van der Waals surface area contributed by atoms with Gasteiger partial charge in [-0.1, -0.05) is 24.3 Å². The average molecular weight is 527 g/mol. The first-order chi connectivity index (χ1) is 18.9. The third-order valence-corrected chi connectivity index (χ3v) is 9.35. The standard InChI is InChI=1S/C34H38O5/c1-2-38-32(35)5-3-4-12-39-31-18-28-11-10-27(25-6-8-26(9-7-25)33(36)37)16-29(28)17-30(31)34-19-22-13-23(20-34)15-24(14-22)21-34/h6-11,16-18,22-24H,2-5,12-15,19-21H2,1H3,(H,36,37). The molecule has 0 radical (unpaired) electrons. The van der Waals surface area contributed by atoms with E-state index in [1.54, 1.807) is 12.1 Å². The molecule has 0 aromatic heterocycles. The summed E-state index contributed by atoms with van der Waals surface area (Å²) in [6, 6.07) is 18.2. The van der Waals surface area contributed by atoms with E-state index in [1.807, 2.05) is 19.1 Å². The number of aromatic carboxylic acids is 1. The van der Waals surface area contributed by atoms with E-state index < -0.39 is 5.97 Å². The van der Waals surface area contributed by atoms with Crippen molar-refractivity contribution >= 4 is 22.7 Å². The molecule has 4 fully saturated rings. The van der Waals surface area contributed by atoms with Gasteiger partial charge in [0.15, 0.2) is 0 Å². The fraction of sp³-hybridized carbons (Fsp3) is 0.471. The van der Waals surface area contributed by atoms with Crippen molar-refractivity contribution in [2.24, 2.45) is 17.8 Å². The van der Waals surface area contributed by atoms with E-state index in [4.69, 9.17) is 9.47 Å². The summed E-state index contributed by atoms with van der Waals surface area (Å²) in [7, 11) is 0. The molecule has 0 spiro atoms. The van der Waals surface area contributed by atoms with Crippen molar-refractivity contribution in [2.75, 3.05) is 13.2 Å². The number of esters is 1. The lowest BCUT2D eigenvalue weighted by atomic mass is 9.48. The van der Waals surface area contributed by atoms with Crippen LogP contribution in [0.5, 0.6) is 5.75 Å². The molecule has 0 heterocycles. The van der Waals surface area contributed by atoms with Gasteiger partial charge in [0.05, 0.1) is 18.8 Å². The van der Waals surface area contributed by atoms with Gasteiger partial charge in [-0.05, 0) is 134 Å². The van der Waals surface area contributed by atoms with Crippen molar-refractivity contribution in [1.82, 2.24) is 0 Å². The van der Waals surface area contributed by atoms with Gasteiger partial charge in [0, 0.05) is 12.0 Å². The van der Waals surface area contributed by atoms with Gasteiger partial charge in [-0.3, -0.25) is 4.79 Å². The Balaban J connectivity index is 1.31. The van der Waals surface area contributed by atoms with E-state index in [9.17, 15) is 14.7 Å². The van der Waals surface area contributed by atoms with Crippen molar-refractivity contribution in [3.8, 4) is 16.9 Å². The molecular weight excluding hydrogens is 488 g/mol. The first-order valence-corrected chi connectivity index (χ1v) is 14.6. The Bertz CT molecular complexity index is 1340. The third kappa shape index (κ3) is 5.28. The molecule has 0 unspecified atom stereocenters. The smallest absolute Gasteiger partial charge is 0.335 e. The highest BCUT2D eigenvalue weighted by atomic mass is 16.5. The van der Waals surface area contributed by atoms with Crippen LogP contribution in [0, 0.1) is 17.8 Å². The number of hydrogen-bond donors (Lipinski definition) is 1. The van der Waals surface area contributed by atoms with E-state index in [0.29, 0.717) is 25.2 Å². The summed E-state index contributed by atoms with van der Waals surface area (Å²) in [6.45, 7) is 2.86. The molecular formula is C34H38O5.